The second-order valence-corrected chi connectivity index (χ2v) is 8.14. The zero-order chi connectivity index (χ0) is 19.6. The van der Waals surface area contributed by atoms with Crippen molar-refractivity contribution in [2.45, 2.75) is 36.7 Å². The maximum atomic E-state index is 12.7. The molecular formula is C19H20N2O5S. The molecule has 0 heterocycles. The molecule has 7 nitrogen and oxygen atoms in total. The van der Waals surface area contributed by atoms with Crippen molar-refractivity contribution in [2.24, 2.45) is 0 Å². The van der Waals surface area contributed by atoms with Gasteiger partial charge < -0.3 is 10.0 Å². The van der Waals surface area contributed by atoms with Crippen LogP contribution in [0.15, 0.2) is 59.5 Å². The van der Waals surface area contributed by atoms with E-state index in [1.165, 1.54) is 36.1 Å². The summed E-state index contributed by atoms with van der Waals surface area (Å²) in [5, 5.41) is 9.23. The first kappa shape index (κ1) is 18.9. The molecule has 3 rings (SSSR count). The summed E-state index contributed by atoms with van der Waals surface area (Å²) in [6, 6.07) is 13.0. The zero-order valence-corrected chi connectivity index (χ0v) is 15.5. The molecule has 1 saturated carbocycles. The molecule has 0 bridgehead atoms. The molecule has 8 heteroatoms. The van der Waals surface area contributed by atoms with Gasteiger partial charge in [-0.1, -0.05) is 18.2 Å². The van der Waals surface area contributed by atoms with Crippen LogP contribution in [0.3, 0.4) is 0 Å². The van der Waals surface area contributed by atoms with E-state index in [0.29, 0.717) is 5.69 Å². The number of sulfonamides is 1. The molecule has 1 amide bonds. The Morgan fingerprint density at radius 1 is 1.07 bits per heavy atom. The lowest BCUT2D eigenvalue weighted by molar-refractivity contribution is -0.141. The first-order chi connectivity index (χ1) is 12.8. The standard InChI is InChI=1S/C19H20N2O5S/c1-13(19(23)24)21(16-9-10-16)18(22)14-7-11-17(12-8-14)27(25,26)20-15-5-3-2-4-6-15/h2-8,11-13,16,20H,9-10H2,1H3,(H,23,24). The summed E-state index contributed by atoms with van der Waals surface area (Å²) in [6.07, 6.45) is 1.55. The van der Waals surface area contributed by atoms with Gasteiger partial charge in [-0.15, -0.1) is 0 Å². The van der Waals surface area contributed by atoms with E-state index in [0.717, 1.165) is 12.8 Å². The van der Waals surface area contributed by atoms with Crippen molar-refractivity contribution in [3.63, 3.8) is 0 Å². The summed E-state index contributed by atoms with van der Waals surface area (Å²) in [4.78, 5) is 25.4. The highest BCUT2D eigenvalue weighted by Crippen LogP contribution is 2.30. The number of aliphatic carboxylic acids is 1. The quantitative estimate of drug-likeness (QED) is 0.759. The molecule has 142 valence electrons. The van der Waals surface area contributed by atoms with Crippen LogP contribution in [-0.4, -0.2) is 42.4 Å². The summed E-state index contributed by atoms with van der Waals surface area (Å²) < 4.78 is 27.4. The highest BCUT2D eigenvalue weighted by Gasteiger charge is 2.38. The van der Waals surface area contributed by atoms with Crippen LogP contribution < -0.4 is 4.72 Å². The van der Waals surface area contributed by atoms with Crippen LogP contribution in [0, 0.1) is 0 Å². The van der Waals surface area contributed by atoms with Crippen molar-refractivity contribution in [3.05, 3.63) is 60.2 Å². The number of benzene rings is 2. The highest BCUT2D eigenvalue weighted by atomic mass is 32.2. The van der Waals surface area contributed by atoms with E-state index >= 15 is 0 Å². The number of rotatable bonds is 7. The third-order valence-electron chi connectivity index (χ3n) is 4.39. The number of nitrogens with zero attached hydrogens (tertiary/aromatic N) is 1. The van der Waals surface area contributed by atoms with Crippen LogP contribution in [0.2, 0.25) is 0 Å². The van der Waals surface area contributed by atoms with Gasteiger partial charge >= 0.3 is 5.97 Å². The van der Waals surface area contributed by atoms with E-state index in [1.54, 1.807) is 30.3 Å². The van der Waals surface area contributed by atoms with Crippen LogP contribution in [-0.2, 0) is 14.8 Å². The summed E-state index contributed by atoms with van der Waals surface area (Å²) in [7, 11) is -3.78. The fourth-order valence-corrected chi connectivity index (χ4v) is 3.83. The van der Waals surface area contributed by atoms with Gasteiger partial charge in [-0.2, -0.15) is 0 Å². The summed E-state index contributed by atoms with van der Waals surface area (Å²) in [6.45, 7) is 1.47. The Hall–Kier alpha value is -2.87. The largest absolute Gasteiger partial charge is 0.480 e. The van der Waals surface area contributed by atoms with E-state index in [1.807, 2.05) is 0 Å². The lowest BCUT2D eigenvalue weighted by atomic mass is 10.1. The monoisotopic (exact) mass is 388 g/mol. The molecule has 0 saturated heterocycles. The summed E-state index contributed by atoms with van der Waals surface area (Å²) in [5.41, 5.74) is 0.696. The fraction of sp³-hybridized carbons (Fsp3) is 0.263. The molecule has 1 fully saturated rings. The number of hydrogen-bond donors (Lipinski definition) is 2. The average molecular weight is 388 g/mol. The lowest BCUT2D eigenvalue weighted by Crippen LogP contribution is -2.44. The minimum atomic E-state index is -3.78. The van der Waals surface area contributed by atoms with Crippen molar-refractivity contribution in [1.82, 2.24) is 4.90 Å². The Labute approximate surface area is 157 Å². The van der Waals surface area contributed by atoms with Crippen molar-refractivity contribution in [2.75, 3.05) is 4.72 Å². The van der Waals surface area contributed by atoms with Gasteiger partial charge in [-0.25, -0.2) is 13.2 Å². The van der Waals surface area contributed by atoms with Crippen molar-refractivity contribution >= 4 is 27.6 Å². The third kappa shape index (κ3) is 4.28. The Morgan fingerprint density at radius 3 is 2.19 bits per heavy atom. The number of anilines is 1. The second kappa shape index (κ2) is 7.40. The molecule has 0 aromatic heterocycles. The number of hydrogen-bond acceptors (Lipinski definition) is 4. The molecule has 27 heavy (non-hydrogen) atoms. The zero-order valence-electron chi connectivity index (χ0n) is 14.7. The molecule has 1 atom stereocenters. The van der Waals surface area contributed by atoms with Gasteiger partial charge in [0.2, 0.25) is 0 Å². The lowest BCUT2D eigenvalue weighted by Gasteiger charge is -2.26. The number of carboxylic acid groups (broad SMARTS) is 1. The van der Waals surface area contributed by atoms with Gasteiger partial charge in [0, 0.05) is 17.3 Å². The normalized spacial score (nSPS) is 15.0. The molecule has 0 aliphatic heterocycles. The molecule has 0 radical (unpaired) electrons. The van der Waals surface area contributed by atoms with Crippen LogP contribution in [0.25, 0.3) is 0 Å². The van der Waals surface area contributed by atoms with Gasteiger partial charge in [-0.3, -0.25) is 9.52 Å². The third-order valence-corrected chi connectivity index (χ3v) is 5.78. The number of para-hydroxylation sites is 1. The van der Waals surface area contributed by atoms with E-state index in [4.69, 9.17) is 0 Å². The van der Waals surface area contributed by atoms with Crippen LogP contribution in [0.5, 0.6) is 0 Å². The SMILES string of the molecule is CC(C(=O)O)N(C(=O)c1ccc(S(=O)(=O)Nc2ccccc2)cc1)C1CC1. The van der Waals surface area contributed by atoms with Gasteiger partial charge in [0.05, 0.1) is 4.90 Å². The van der Waals surface area contributed by atoms with E-state index in [9.17, 15) is 23.1 Å². The van der Waals surface area contributed by atoms with Gasteiger partial charge in [0.25, 0.3) is 15.9 Å². The first-order valence-electron chi connectivity index (χ1n) is 8.53. The number of carboxylic acids is 1. The Morgan fingerprint density at radius 2 is 1.67 bits per heavy atom. The number of nitrogens with one attached hydrogen (secondary N) is 1. The molecule has 2 aromatic rings. The van der Waals surface area contributed by atoms with Crippen molar-refractivity contribution < 1.29 is 23.1 Å². The van der Waals surface area contributed by atoms with Crippen molar-refractivity contribution in [1.29, 1.82) is 0 Å². The summed E-state index contributed by atoms with van der Waals surface area (Å²) >= 11 is 0. The van der Waals surface area contributed by atoms with Gasteiger partial charge in [-0.05, 0) is 56.2 Å². The smallest absolute Gasteiger partial charge is 0.326 e. The molecule has 1 aliphatic rings. The van der Waals surface area contributed by atoms with Crippen LogP contribution >= 0.6 is 0 Å². The van der Waals surface area contributed by atoms with E-state index in [2.05, 4.69) is 4.72 Å². The predicted octanol–water partition coefficient (Wildman–Crippen LogP) is 2.57. The van der Waals surface area contributed by atoms with Gasteiger partial charge in [0.15, 0.2) is 0 Å². The average Bonchev–Trinajstić information content (AvgIpc) is 3.47. The Kier molecular flexibility index (Phi) is 5.18. The molecule has 0 spiro atoms. The van der Waals surface area contributed by atoms with Crippen LogP contribution in [0.1, 0.15) is 30.1 Å². The molecular weight excluding hydrogens is 368 g/mol. The number of amides is 1. The first-order valence-corrected chi connectivity index (χ1v) is 10.0. The molecule has 1 aliphatic carbocycles. The van der Waals surface area contributed by atoms with Crippen LogP contribution in [0.4, 0.5) is 5.69 Å². The number of carbonyl (C=O) groups is 2. The van der Waals surface area contributed by atoms with Crippen molar-refractivity contribution in [3.8, 4) is 0 Å². The Bertz CT molecular complexity index is 938. The maximum absolute atomic E-state index is 12.7. The van der Waals surface area contributed by atoms with E-state index in [-0.39, 0.29) is 16.5 Å². The minimum Gasteiger partial charge on any atom is -0.480 e. The fourth-order valence-electron chi connectivity index (χ4n) is 2.78. The Balaban J connectivity index is 1.80. The van der Waals surface area contributed by atoms with Gasteiger partial charge in [0.1, 0.15) is 6.04 Å². The maximum Gasteiger partial charge on any atom is 0.326 e. The minimum absolute atomic E-state index is 0.0205. The molecule has 2 N–H and O–H groups in total. The topological polar surface area (TPSA) is 104 Å². The predicted molar refractivity (Wildman–Crippen MR) is 100.0 cm³/mol. The molecule has 2 aromatic carbocycles. The number of carbonyl (C=O) groups excluding carboxylic acids is 1. The van der Waals surface area contributed by atoms with E-state index < -0.39 is 27.9 Å². The highest BCUT2D eigenvalue weighted by molar-refractivity contribution is 7.92. The summed E-state index contributed by atoms with van der Waals surface area (Å²) in [5.74, 6) is -1.48. The second-order valence-electron chi connectivity index (χ2n) is 6.45. The molecule has 1 unspecified atom stereocenters.